The van der Waals surface area contributed by atoms with Crippen LogP contribution in [-0.4, -0.2) is 19.0 Å². The Morgan fingerprint density at radius 2 is 1.14 bits per heavy atom. The number of carbonyl (C=O) groups excluding carboxylic acids is 1. The van der Waals surface area contributed by atoms with Crippen molar-refractivity contribution in [2.24, 2.45) is 0 Å². The number of carbonyl (C=O) groups is 1. The standard InChI is InChI=1S/C19H32O2/c20-19-15-18-12-10-8-6-4-2-1-3-5-7-9-11-17(18)13-14-21-16-19/h1-16H2/b18-17-. The lowest BCUT2D eigenvalue weighted by atomic mass is 9.90. The van der Waals surface area contributed by atoms with Gasteiger partial charge in [-0.3, -0.25) is 4.79 Å². The highest BCUT2D eigenvalue weighted by atomic mass is 16.5. The zero-order valence-electron chi connectivity index (χ0n) is 13.6. The molecule has 0 N–H and O–H groups in total. The van der Waals surface area contributed by atoms with Crippen LogP contribution in [0.1, 0.15) is 89.9 Å². The van der Waals surface area contributed by atoms with Crippen molar-refractivity contribution in [2.75, 3.05) is 13.2 Å². The van der Waals surface area contributed by atoms with Gasteiger partial charge in [0, 0.05) is 6.42 Å². The van der Waals surface area contributed by atoms with Crippen LogP contribution < -0.4 is 0 Å². The second kappa shape index (κ2) is 10.2. The Hall–Kier alpha value is -0.630. The van der Waals surface area contributed by atoms with Crippen LogP contribution >= 0.6 is 0 Å². The summed E-state index contributed by atoms with van der Waals surface area (Å²) < 4.78 is 5.46. The van der Waals surface area contributed by atoms with Crippen LogP contribution in [-0.2, 0) is 9.53 Å². The minimum absolute atomic E-state index is 0.281. The van der Waals surface area contributed by atoms with Gasteiger partial charge < -0.3 is 4.74 Å². The molecule has 1 aliphatic heterocycles. The average molecular weight is 292 g/mol. The molecule has 1 heterocycles. The molecule has 0 saturated heterocycles. The van der Waals surface area contributed by atoms with Gasteiger partial charge in [0.25, 0.3) is 0 Å². The predicted octanol–water partition coefficient (Wildman–Crippen LogP) is 5.36. The number of hydrogen-bond donors (Lipinski definition) is 0. The Morgan fingerprint density at radius 1 is 0.619 bits per heavy atom. The largest absolute Gasteiger partial charge is 0.373 e. The molecule has 21 heavy (non-hydrogen) atoms. The summed E-state index contributed by atoms with van der Waals surface area (Å²) in [6, 6.07) is 0. The van der Waals surface area contributed by atoms with Gasteiger partial charge >= 0.3 is 0 Å². The number of ether oxygens (including phenoxy) is 1. The van der Waals surface area contributed by atoms with E-state index in [4.69, 9.17) is 4.74 Å². The molecule has 0 atom stereocenters. The van der Waals surface area contributed by atoms with Crippen molar-refractivity contribution >= 4 is 5.78 Å². The Balaban J connectivity index is 1.97. The van der Waals surface area contributed by atoms with Crippen LogP contribution in [0.15, 0.2) is 11.1 Å². The van der Waals surface area contributed by atoms with Gasteiger partial charge in [-0.2, -0.15) is 0 Å². The van der Waals surface area contributed by atoms with Gasteiger partial charge in [-0.25, -0.2) is 0 Å². The molecule has 2 aliphatic rings. The van der Waals surface area contributed by atoms with E-state index in [0.29, 0.717) is 13.0 Å². The summed E-state index contributed by atoms with van der Waals surface area (Å²) in [4.78, 5) is 11.9. The van der Waals surface area contributed by atoms with Gasteiger partial charge in [0.1, 0.15) is 6.61 Å². The highest BCUT2D eigenvalue weighted by Crippen LogP contribution is 2.27. The summed E-state index contributed by atoms with van der Waals surface area (Å²) in [5.41, 5.74) is 3.03. The van der Waals surface area contributed by atoms with Crippen molar-refractivity contribution < 1.29 is 9.53 Å². The van der Waals surface area contributed by atoms with E-state index < -0.39 is 0 Å². The molecular weight excluding hydrogens is 260 g/mol. The molecular formula is C19H32O2. The molecule has 0 radical (unpaired) electrons. The minimum Gasteiger partial charge on any atom is -0.373 e. The van der Waals surface area contributed by atoms with E-state index in [1.165, 1.54) is 76.2 Å². The lowest BCUT2D eigenvalue weighted by Crippen LogP contribution is -2.15. The molecule has 0 aromatic rings. The Bertz CT molecular complexity index is 343. The molecule has 0 amide bonds. The van der Waals surface area contributed by atoms with E-state index in [1.807, 2.05) is 0 Å². The van der Waals surface area contributed by atoms with Crippen LogP contribution in [0.3, 0.4) is 0 Å². The van der Waals surface area contributed by atoms with Crippen LogP contribution in [0.5, 0.6) is 0 Å². The smallest absolute Gasteiger partial charge is 0.162 e. The maximum absolute atomic E-state index is 11.9. The molecule has 0 spiro atoms. The minimum atomic E-state index is 0.281. The van der Waals surface area contributed by atoms with Crippen molar-refractivity contribution in [3.05, 3.63) is 11.1 Å². The Morgan fingerprint density at radius 3 is 1.76 bits per heavy atom. The number of hydrogen-bond acceptors (Lipinski definition) is 2. The summed E-state index contributed by atoms with van der Waals surface area (Å²) in [6.45, 7) is 1.07. The molecule has 0 aromatic heterocycles. The fourth-order valence-corrected chi connectivity index (χ4v) is 3.63. The molecule has 120 valence electrons. The van der Waals surface area contributed by atoms with Crippen LogP contribution in [0, 0.1) is 0 Å². The first-order valence-electron chi connectivity index (χ1n) is 9.15. The molecule has 0 aromatic carbocycles. The molecule has 2 rings (SSSR count). The monoisotopic (exact) mass is 292 g/mol. The average Bonchev–Trinajstić information content (AvgIpc) is 2.47. The molecule has 2 nitrogen and oxygen atoms in total. The molecule has 0 unspecified atom stereocenters. The topological polar surface area (TPSA) is 26.3 Å². The summed E-state index contributed by atoms with van der Waals surface area (Å²) >= 11 is 0. The highest BCUT2D eigenvalue weighted by molar-refractivity contribution is 5.82. The third-order valence-corrected chi connectivity index (χ3v) is 4.93. The summed E-state index contributed by atoms with van der Waals surface area (Å²) in [7, 11) is 0. The van der Waals surface area contributed by atoms with E-state index >= 15 is 0 Å². The van der Waals surface area contributed by atoms with Crippen LogP contribution in [0.2, 0.25) is 0 Å². The van der Waals surface area contributed by atoms with Crippen molar-refractivity contribution in [3.63, 3.8) is 0 Å². The maximum atomic E-state index is 11.9. The number of rotatable bonds is 0. The van der Waals surface area contributed by atoms with Crippen molar-refractivity contribution in [1.82, 2.24) is 0 Å². The third kappa shape index (κ3) is 6.78. The van der Waals surface area contributed by atoms with Crippen molar-refractivity contribution in [2.45, 2.75) is 89.9 Å². The second-order valence-corrected chi connectivity index (χ2v) is 6.76. The van der Waals surface area contributed by atoms with Crippen LogP contribution in [0.25, 0.3) is 0 Å². The number of allylic oxidation sites excluding steroid dienone is 1. The quantitative estimate of drug-likeness (QED) is 0.562. The van der Waals surface area contributed by atoms with Gasteiger partial charge in [-0.1, -0.05) is 62.5 Å². The second-order valence-electron chi connectivity index (χ2n) is 6.76. The van der Waals surface area contributed by atoms with Gasteiger partial charge in [0.2, 0.25) is 0 Å². The van der Waals surface area contributed by atoms with E-state index in [2.05, 4.69) is 0 Å². The van der Waals surface area contributed by atoms with Gasteiger partial charge in [-0.15, -0.1) is 0 Å². The summed E-state index contributed by atoms with van der Waals surface area (Å²) in [5, 5.41) is 0. The third-order valence-electron chi connectivity index (χ3n) is 4.93. The zero-order valence-corrected chi connectivity index (χ0v) is 13.6. The number of ketones is 1. The molecule has 0 bridgehead atoms. The first-order valence-corrected chi connectivity index (χ1v) is 9.15. The Kier molecular flexibility index (Phi) is 8.09. The normalized spacial score (nSPS) is 28.1. The van der Waals surface area contributed by atoms with Gasteiger partial charge in [0.05, 0.1) is 6.61 Å². The van der Waals surface area contributed by atoms with E-state index in [1.54, 1.807) is 5.57 Å². The van der Waals surface area contributed by atoms with Crippen molar-refractivity contribution in [1.29, 1.82) is 0 Å². The first kappa shape index (κ1) is 16.7. The first-order chi connectivity index (χ1) is 10.4. The van der Waals surface area contributed by atoms with E-state index in [9.17, 15) is 4.79 Å². The lowest BCUT2D eigenvalue weighted by molar-refractivity contribution is -0.123. The fourth-order valence-electron chi connectivity index (χ4n) is 3.63. The van der Waals surface area contributed by atoms with E-state index in [-0.39, 0.29) is 5.78 Å². The zero-order chi connectivity index (χ0) is 14.8. The Labute approximate surface area is 130 Å². The lowest BCUT2D eigenvalue weighted by Gasteiger charge is -2.19. The highest BCUT2D eigenvalue weighted by Gasteiger charge is 2.15. The van der Waals surface area contributed by atoms with Gasteiger partial charge in [0.15, 0.2) is 5.78 Å². The molecule has 1 aliphatic carbocycles. The maximum Gasteiger partial charge on any atom is 0.162 e. The van der Waals surface area contributed by atoms with Gasteiger partial charge in [-0.05, 0) is 32.1 Å². The molecule has 2 heteroatoms. The fraction of sp³-hybridized carbons (Fsp3) is 0.842. The SMILES string of the molecule is O=C1COCC/C2=C(/CCCCCCCCCCCC2)C1. The van der Waals surface area contributed by atoms with E-state index in [0.717, 1.165) is 19.4 Å². The number of Topliss-reactive ketones (excluding diaryl/α,β-unsaturated/α-hetero) is 1. The predicted molar refractivity (Wildman–Crippen MR) is 87.5 cm³/mol. The molecule has 0 saturated carbocycles. The molecule has 0 fully saturated rings. The van der Waals surface area contributed by atoms with Crippen LogP contribution in [0.4, 0.5) is 0 Å². The van der Waals surface area contributed by atoms with Crippen molar-refractivity contribution in [3.8, 4) is 0 Å². The summed E-state index contributed by atoms with van der Waals surface area (Å²) in [5.74, 6) is 0.281. The summed E-state index contributed by atoms with van der Waals surface area (Å²) in [6.07, 6.45) is 17.8.